The molecule has 0 aliphatic carbocycles. The standard InChI is InChI=1S/C35H48Br2O3S/c1-2-3-4-14-25-39-32-20-16-29(17-21-32)30-18-22-33(23-19-30)40-26-15-12-10-8-6-5-7-9-11-13-24-38-28-31-27-34(36)41-35(31)37/h16-23,27H,2-15,24-26,28H2,1H3. The first kappa shape index (κ1) is 34.2. The van der Waals surface area contributed by atoms with Gasteiger partial charge in [0.15, 0.2) is 0 Å². The molecule has 0 atom stereocenters. The Morgan fingerprint density at radius 3 is 1.44 bits per heavy atom. The molecule has 41 heavy (non-hydrogen) atoms. The molecule has 3 rings (SSSR count). The molecule has 3 nitrogen and oxygen atoms in total. The normalized spacial score (nSPS) is 11.2. The number of halogens is 2. The smallest absolute Gasteiger partial charge is 0.119 e. The molecule has 0 spiro atoms. The van der Waals surface area contributed by atoms with E-state index in [9.17, 15) is 0 Å². The quantitative estimate of drug-likeness (QED) is 0.0918. The number of hydrogen-bond donors (Lipinski definition) is 0. The van der Waals surface area contributed by atoms with E-state index in [1.165, 1.54) is 91.1 Å². The molecule has 0 radical (unpaired) electrons. The lowest BCUT2D eigenvalue weighted by Crippen LogP contribution is -1.97. The Balaban J connectivity index is 1.12. The molecular weight excluding hydrogens is 660 g/mol. The zero-order valence-corrected chi connectivity index (χ0v) is 28.8. The number of unbranched alkanes of at least 4 members (excludes halogenated alkanes) is 12. The summed E-state index contributed by atoms with van der Waals surface area (Å²) >= 11 is 8.81. The lowest BCUT2D eigenvalue weighted by Gasteiger charge is -2.09. The molecule has 0 saturated heterocycles. The van der Waals surface area contributed by atoms with Crippen molar-refractivity contribution < 1.29 is 14.2 Å². The largest absolute Gasteiger partial charge is 0.494 e. The minimum Gasteiger partial charge on any atom is -0.494 e. The van der Waals surface area contributed by atoms with Crippen molar-refractivity contribution in [3.8, 4) is 22.6 Å². The number of thiophene rings is 1. The lowest BCUT2D eigenvalue weighted by molar-refractivity contribution is 0.116. The van der Waals surface area contributed by atoms with Crippen LogP contribution in [0.25, 0.3) is 11.1 Å². The summed E-state index contributed by atoms with van der Waals surface area (Å²) in [6.45, 7) is 5.39. The summed E-state index contributed by atoms with van der Waals surface area (Å²) in [5, 5.41) is 0. The first-order valence-corrected chi connectivity index (χ1v) is 18.0. The van der Waals surface area contributed by atoms with E-state index in [2.05, 4.69) is 93.4 Å². The fourth-order valence-electron chi connectivity index (χ4n) is 4.77. The van der Waals surface area contributed by atoms with Crippen molar-refractivity contribution in [2.24, 2.45) is 0 Å². The predicted octanol–water partition coefficient (Wildman–Crippen LogP) is 12.4. The van der Waals surface area contributed by atoms with Gasteiger partial charge in [-0.05, 0) is 92.6 Å². The Morgan fingerprint density at radius 1 is 0.561 bits per heavy atom. The van der Waals surface area contributed by atoms with Crippen LogP contribution in [0, 0.1) is 0 Å². The second-order valence-corrected chi connectivity index (χ2v) is 14.5. The van der Waals surface area contributed by atoms with E-state index < -0.39 is 0 Å². The molecule has 0 aliphatic rings. The summed E-state index contributed by atoms with van der Waals surface area (Å²) in [6, 6.07) is 19.0. The summed E-state index contributed by atoms with van der Waals surface area (Å²) in [7, 11) is 0. The maximum absolute atomic E-state index is 5.99. The van der Waals surface area contributed by atoms with E-state index >= 15 is 0 Å². The van der Waals surface area contributed by atoms with Crippen LogP contribution < -0.4 is 9.47 Å². The second-order valence-electron chi connectivity index (χ2n) is 10.7. The molecule has 0 aliphatic heterocycles. The van der Waals surface area contributed by atoms with Crippen LogP contribution in [-0.2, 0) is 11.3 Å². The second kappa shape index (κ2) is 21.4. The molecule has 2 aromatic carbocycles. The average Bonchev–Trinajstić information content (AvgIpc) is 3.31. The van der Waals surface area contributed by atoms with Gasteiger partial charge in [-0.15, -0.1) is 11.3 Å². The van der Waals surface area contributed by atoms with Gasteiger partial charge in [-0.3, -0.25) is 0 Å². The molecule has 0 fully saturated rings. The fraction of sp³-hybridized carbons (Fsp3) is 0.543. The molecule has 1 aromatic heterocycles. The zero-order chi connectivity index (χ0) is 29.0. The van der Waals surface area contributed by atoms with Crippen LogP contribution in [0.5, 0.6) is 11.5 Å². The molecule has 0 saturated carbocycles. The Morgan fingerprint density at radius 2 is 1.00 bits per heavy atom. The van der Waals surface area contributed by atoms with Gasteiger partial charge in [0.1, 0.15) is 11.5 Å². The van der Waals surface area contributed by atoms with Gasteiger partial charge in [-0.25, -0.2) is 0 Å². The summed E-state index contributed by atoms with van der Waals surface area (Å²) < 4.78 is 20.0. The highest BCUT2D eigenvalue weighted by atomic mass is 79.9. The van der Waals surface area contributed by atoms with Gasteiger partial charge >= 0.3 is 0 Å². The summed E-state index contributed by atoms with van der Waals surface area (Å²) in [6.07, 6.45) is 17.7. The molecule has 226 valence electrons. The van der Waals surface area contributed by atoms with Crippen LogP contribution in [0.1, 0.15) is 102 Å². The van der Waals surface area contributed by atoms with Crippen molar-refractivity contribution in [1.82, 2.24) is 0 Å². The molecule has 1 heterocycles. The lowest BCUT2D eigenvalue weighted by atomic mass is 10.1. The fourth-order valence-corrected chi connectivity index (χ4v) is 7.56. The molecule has 3 aromatic rings. The van der Waals surface area contributed by atoms with E-state index in [1.54, 1.807) is 11.3 Å². The topological polar surface area (TPSA) is 27.7 Å². The Kier molecular flexibility index (Phi) is 17.8. The van der Waals surface area contributed by atoms with Crippen molar-refractivity contribution in [3.05, 3.63) is 67.7 Å². The minimum absolute atomic E-state index is 0.699. The van der Waals surface area contributed by atoms with Crippen LogP contribution in [0.2, 0.25) is 0 Å². The van der Waals surface area contributed by atoms with Crippen molar-refractivity contribution in [2.75, 3.05) is 19.8 Å². The number of benzene rings is 2. The maximum Gasteiger partial charge on any atom is 0.119 e. The third-order valence-electron chi connectivity index (χ3n) is 7.25. The van der Waals surface area contributed by atoms with E-state index in [0.717, 1.165) is 54.4 Å². The van der Waals surface area contributed by atoms with Crippen LogP contribution in [0.15, 0.2) is 62.2 Å². The van der Waals surface area contributed by atoms with Gasteiger partial charge in [0.05, 0.1) is 27.4 Å². The first-order chi connectivity index (χ1) is 20.2. The van der Waals surface area contributed by atoms with Gasteiger partial charge < -0.3 is 14.2 Å². The summed E-state index contributed by atoms with van der Waals surface area (Å²) in [5.41, 5.74) is 3.64. The van der Waals surface area contributed by atoms with Crippen LogP contribution in [0.4, 0.5) is 0 Å². The van der Waals surface area contributed by atoms with Crippen molar-refractivity contribution in [2.45, 2.75) is 103 Å². The Hall–Kier alpha value is -1.34. The van der Waals surface area contributed by atoms with Crippen LogP contribution >= 0.6 is 43.2 Å². The van der Waals surface area contributed by atoms with Crippen LogP contribution in [-0.4, -0.2) is 19.8 Å². The van der Waals surface area contributed by atoms with Gasteiger partial charge in [-0.2, -0.15) is 0 Å². The molecule has 0 amide bonds. The van der Waals surface area contributed by atoms with Crippen LogP contribution in [0.3, 0.4) is 0 Å². The average molecular weight is 709 g/mol. The Labute approximate surface area is 269 Å². The van der Waals surface area contributed by atoms with Crippen molar-refractivity contribution in [1.29, 1.82) is 0 Å². The molecule has 0 N–H and O–H groups in total. The summed E-state index contributed by atoms with van der Waals surface area (Å²) in [5.74, 6) is 1.91. The van der Waals surface area contributed by atoms with Gasteiger partial charge in [-0.1, -0.05) is 102 Å². The van der Waals surface area contributed by atoms with E-state index in [0.29, 0.717) is 6.61 Å². The van der Waals surface area contributed by atoms with Gasteiger partial charge in [0, 0.05) is 12.2 Å². The highest BCUT2D eigenvalue weighted by molar-refractivity contribution is 9.12. The SMILES string of the molecule is CCCCCCOc1ccc(-c2ccc(OCCCCCCCCCCCCOCc3cc(Br)sc3Br)cc2)cc1. The van der Waals surface area contributed by atoms with E-state index in [4.69, 9.17) is 14.2 Å². The minimum atomic E-state index is 0.699. The molecule has 0 bridgehead atoms. The summed E-state index contributed by atoms with van der Waals surface area (Å²) in [4.78, 5) is 0. The third kappa shape index (κ3) is 14.6. The van der Waals surface area contributed by atoms with E-state index in [-0.39, 0.29) is 0 Å². The van der Waals surface area contributed by atoms with Gasteiger partial charge in [0.25, 0.3) is 0 Å². The number of hydrogen-bond acceptors (Lipinski definition) is 4. The first-order valence-electron chi connectivity index (χ1n) is 15.6. The Bertz CT molecular complexity index is 1070. The van der Waals surface area contributed by atoms with E-state index in [1.807, 2.05) is 0 Å². The molecule has 0 unspecified atom stereocenters. The molecular formula is C35H48Br2O3S. The highest BCUT2D eigenvalue weighted by Gasteiger charge is 2.05. The number of rotatable bonds is 23. The highest BCUT2D eigenvalue weighted by Crippen LogP contribution is 2.32. The maximum atomic E-state index is 5.99. The number of ether oxygens (including phenoxy) is 3. The van der Waals surface area contributed by atoms with Crippen molar-refractivity contribution in [3.63, 3.8) is 0 Å². The monoisotopic (exact) mass is 706 g/mol. The molecule has 6 heteroatoms. The van der Waals surface area contributed by atoms with Gasteiger partial charge in [0.2, 0.25) is 0 Å². The van der Waals surface area contributed by atoms with Crippen molar-refractivity contribution >= 4 is 43.2 Å². The third-order valence-corrected chi connectivity index (χ3v) is 9.71. The predicted molar refractivity (Wildman–Crippen MR) is 183 cm³/mol. The zero-order valence-electron chi connectivity index (χ0n) is 24.8.